The Morgan fingerprint density at radius 2 is 1.58 bits per heavy atom. The highest BCUT2D eigenvalue weighted by atomic mass is 16.2. The van der Waals surface area contributed by atoms with Crippen molar-refractivity contribution in [3.63, 3.8) is 0 Å². The van der Waals surface area contributed by atoms with Crippen LogP contribution in [-0.2, 0) is 4.79 Å². The van der Waals surface area contributed by atoms with Gasteiger partial charge < -0.3 is 15.5 Å². The number of carbonyl (C=O) groups is 2. The quantitative estimate of drug-likeness (QED) is 0.325. The molecule has 184 valence electrons. The molecule has 0 saturated heterocycles. The summed E-state index contributed by atoms with van der Waals surface area (Å²) in [6, 6.07) is 28.6. The predicted octanol–water partition coefficient (Wildman–Crippen LogP) is 5.98. The van der Waals surface area contributed by atoms with Gasteiger partial charge in [-0.2, -0.15) is 5.10 Å². The summed E-state index contributed by atoms with van der Waals surface area (Å²) >= 11 is 0. The molecule has 0 aliphatic rings. The van der Waals surface area contributed by atoms with Crippen molar-refractivity contribution in [2.75, 3.05) is 23.7 Å². The number of rotatable bonds is 8. The lowest BCUT2D eigenvalue weighted by Gasteiger charge is -2.24. The zero-order valence-electron chi connectivity index (χ0n) is 20.8. The average Bonchev–Trinajstić information content (AvgIpc) is 3.28. The van der Waals surface area contributed by atoms with Crippen LogP contribution in [0.2, 0.25) is 0 Å². The number of hydrogen-bond donors (Lipinski definition) is 2. The van der Waals surface area contributed by atoms with E-state index in [1.54, 1.807) is 4.68 Å². The molecule has 0 aliphatic carbocycles. The minimum atomic E-state index is -0.314. The van der Waals surface area contributed by atoms with Crippen molar-refractivity contribution < 1.29 is 9.59 Å². The number of aromatic nitrogens is 2. The molecule has 0 radical (unpaired) electrons. The van der Waals surface area contributed by atoms with Crippen molar-refractivity contribution in [2.24, 2.45) is 5.92 Å². The summed E-state index contributed by atoms with van der Waals surface area (Å²) in [6.07, 6.45) is 0. The molecule has 7 heteroatoms. The van der Waals surface area contributed by atoms with Gasteiger partial charge in [0.05, 0.1) is 11.4 Å². The molecule has 0 bridgehead atoms. The van der Waals surface area contributed by atoms with E-state index >= 15 is 0 Å². The molecule has 1 aromatic heterocycles. The van der Waals surface area contributed by atoms with E-state index in [2.05, 4.69) is 10.6 Å². The lowest BCUT2D eigenvalue weighted by molar-refractivity contribution is -0.116. The Morgan fingerprint density at radius 1 is 0.889 bits per heavy atom. The molecule has 3 aromatic carbocycles. The molecular formula is C29H31N5O2. The van der Waals surface area contributed by atoms with E-state index < -0.39 is 0 Å². The van der Waals surface area contributed by atoms with Crippen LogP contribution in [0.1, 0.15) is 19.4 Å². The summed E-state index contributed by atoms with van der Waals surface area (Å²) in [5, 5.41) is 10.6. The number of anilines is 2. The lowest BCUT2D eigenvalue weighted by Crippen LogP contribution is -2.42. The van der Waals surface area contributed by atoms with Crippen molar-refractivity contribution in [2.45, 2.75) is 20.8 Å². The van der Waals surface area contributed by atoms with Gasteiger partial charge >= 0.3 is 6.03 Å². The summed E-state index contributed by atoms with van der Waals surface area (Å²) < 4.78 is 1.71. The molecular weight excluding hydrogens is 450 g/mol. The molecule has 0 aliphatic heterocycles. The minimum absolute atomic E-state index is 0.0868. The molecule has 0 spiro atoms. The number of nitrogens with one attached hydrogen (secondary N) is 2. The van der Waals surface area contributed by atoms with Gasteiger partial charge in [0.2, 0.25) is 5.91 Å². The Bertz CT molecular complexity index is 1320. The fraction of sp³-hybridized carbons (Fsp3) is 0.207. The first-order valence-electron chi connectivity index (χ1n) is 12.0. The van der Waals surface area contributed by atoms with Crippen LogP contribution in [0, 0.1) is 12.8 Å². The molecule has 0 unspecified atom stereocenters. The topological polar surface area (TPSA) is 79.3 Å². The first-order chi connectivity index (χ1) is 17.4. The third-order valence-electron chi connectivity index (χ3n) is 5.52. The van der Waals surface area contributed by atoms with Crippen molar-refractivity contribution in [1.29, 1.82) is 0 Å². The summed E-state index contributed by atoms with van der Waals surface area (Å²) in [5.74, 6) is 0.431. The van der Waals surface area contributed by atoms with Crippen molar-refractivity contribution >= 4 is 23.4 Å². The molecule has 4 aromatic rings. The molecule has 0 saturated carbocycles. The Labute approximate surface area is 211 Å². The molecule has 1 heterocycles. The minimum Gasteiger partial charge on any atom is -0.315 e. The van der Waals surface area contributed by atoms with E-state index in [4.69, 9.17) is 5.10 Å². The van der Waals surface area contributed by atoms with Crippen LogP contribution in [0.25, 0.3) is 16.9 Å². The van der Waals surface area contributed by atoms with Gasteiger partial charge in [-0.05, 0) is 42.7 Å². The number of hydrogen-bond acceptors (Lipinski definition) is 3. The smallest absolute Gasteiger partial charge is 0.315 e. The monoisotopic (exact) mass is 481 g/mol. The zero-order valence-corrected chi connectivity index (χ0v) is 20.8. The van der Waals surface area contributed by atoms with Crippen LogP contribution < -0.4 is 10.6 Å². The van der Waals surface area contributed by atoms with Gasteiger partial charge in [0.1, 0.15) is 12.4 Å². The maximum Gasteiger partial charge on any atom is 0.322 e. The maximum absolute atomic E-state index is 13.2. The van der Waals surface area contributed by atoms with Gasteiger partial charge in [0.25, 0.3) is 0 Å². The number of nitrogens with zero attached hydrogens (tertiary/aromatic N) is 3. The van der Waals surface area contributed by atoms with Crippen molar-refractivity contribution in [3.05, 3.63) is 96.6 Å². The van der Waals surface area contributed by atoms with Crippen molar-refractivity contribution in [3.8, 4) is 16.9 Å². The summed E-state index contributed by atoms with van der Waals surface area (Å²) in [4.78, 5) is 27.7. The summed E-state index contributed by atoms with van der Waals surface area (Å²) in [7, 11) is 0. The Balaban J connectivity index is 1.55. The summed E-state index contributed by atoms with van der Waals surface area (Å²) in [6.45, 7) is 6.35. The van der Waals surface area contributed by atoms with Gasteiger partial charge in [-0.25, -0.2) is 9.48 Å². The normalized spacial score (nSPS) is 10.8. The third kappa shape index (κ3) is 6.39. The van der Waals surface area contributed by atoms with E-state index in [0.717, 1.165) is 22.5 Å². The third-order valence-corrected chi connectivity index (χ3v) is 5.52. The number of benzene rings is 3. The molecule has 4 rings (SSSR count). The zero-order chi connectivity index (χ0) is 25.5. The molecule has 7 nitrogen and oxygen atoms in total. The van der Waals surface area contributed by atoms with Crippen LogP contribution in [0.5, 0.6) is 0 Å². The Hall–Kier alpha value is -4.39. The largest absolute Gasteiger partial charge is 0.322 e. The second-order valence-corrected chi connectivity index (χ2v) is 9.15. The van der Waals surface area contributed by atoms with Crippen LogP contribution in [0.15, 0.2) is 91.0 Å². The lowest BCUT2D eigenvalue weighted by atomic mass is 10.1. The maximum atomic E-state index is 13.2. The van der Waals surface area contributed by atoms with Crippen LogP contribution in [0.3, 0.4) is 0 Å². The Morgan fingerprint density at radius 3 is 2.25 bits per heavy atom. The van der Waals surface area contributed by atoms with E-state index in [1.165, 1.54) is 4.90 Å². The number of para-hydroxylation sites is 1. The van der Waals surface area contributed by atoms with E-state index in [1.807, 2.05) is 112 Å². The number of urea groups is 1. The molecule has 0 fully saturated rings. The molecule has 0 atom stereocenters. The van der Waals surface area contributed by atoms with E-state index in [-0.39, 0.29) is 24.4 Å². The molecule has 2 N–H and O–H groups in total. The first-order valence-corrected chi connectivity index (χ1v) is 12.0. The highest BCUT2D eigenvalue weighted by Gasteiger charge is 2.20. The second-order valence-electron chi connectivity index (χ2n) is 9.15. The second kappa shape index (κ2) is 11.4. The van der Waals surface area contributed by atoms with Crippen LogP contribution >= 0.6 is 0 Å². The van der Waals surface area contributed by atoms with E-state index in [9.17, 15) is 9.59 Å². The fourth-order valence-corrected chi connectivity index (χ4v) is 3.93. The Kier molecular flexibility index (Phi) is 7.80. The predicted molar refractivity (Wildman–Crippen MR) is 144 cm³/mol. The summed E-state index contributed by atoms with van der Waals surface area (Å²) in [5.41, 5.74) is 4.26. The number of aryl methyl sites for hydroxylation is 1. The first kappa shape index (κ1) is 24.7. The van der Waals surface area contributed by atoms with Gasteiger partial charge in [-0.3, -0.25) is 4.79 Å². The molecule has 3 amide bonds. The fourth-order valence-electron chi connectivity index (χ4n) is 3.93. The van der Waals surface area contributed by atoms with Crippen LogP contribution in [0.4, 0.5) is 16.3 Å². The SMILES string of the molecule is Cc1cccc(NC(=O)N(CC(=O)Nc2cc(-c3ccccc3)nn2-c2ccccc2)CC(C)C)c1. The highest BCUT2D eigenvalue weighted by Crippen LogP contribution is 2.24. The van der Waals surface area contributed by atoms with Gasteiger partial charge in [-0.15, -0.1) is 0 Å². The van der Waals surface area contributed by atoms with Gasteiger partial charge in [0, 0.05) is 23.9 Å². The molecule has 36 heavy (non-hydrogen) atoms. The van der Waals surface area contributed by atoms with Gasteiger partial charge in [-0.1, -0.05) is 74.5 Å². The van der Waals surface area contributed by atoms with Crippen molar-refractivity contribution in [1.82, 2.24) is 14.7 Å². The van der Waals surface area contributed by atoms with E-state index in [0.29, 0.717) is 18.1 Å². The van der Waals surface area contributed by atoms with Crippen LogP contribution in [-0.4, -0.2) is 39.7 Å². The highest BCUT2D eigenvalue weighted by molar-refractivity contribution is 5.97. The standard InChI is InChI=1S/C29H31N5O2/c1-21(2)19-33(29(36)30-24-14-10-11-22(3)17-24)20-28(35)31-27-18-26(23-12-6-4-7-13-23)32-34(27)25-15-8-5-9-16-25/h4-18,21H,19-20H2,1-3H3,(H,30,36)(H,31,35). The number of amides is 3. The van der Waals surface area contributed by atoms with Gasteiger partial charge in [0.15, 0.2) is 0 Å². The average molecular weight is 482 g/mol. The number of carbonyl (C=O) groups excluding carboxylic acids is 2.